The van der Waals surface area contributed by atoms with Gasteiger partial charge in [0, 0.05) is 48.3 Å². The molecule has 1 aliphatic rings. The molecule has 1 aromatic heterocycles. The van der Waals surface area contributed by atoms with Crippen molar-refractivity contribution in [1.29, 1.82) is 0 Å². The molecule has 10 heteroatoms. The van der Waals surface area contributed by atoms with Crippen molar-refractivity contribution < 1.29 is 18.0 Å². The number of sulfone groups is 1. The maximum absolute atomic E-state index is 12.8. The summed E-state index contributed by atoms with van der Waals surface area (Å²) < 4.78 is 23.9. The SMILES string of the molecule is C#Cc1ccc(NC(=O)N[C@@]2(n3ccccc3=O)C=CC(NC(=O)CCS(C)(=O)=O)=CC2)cc1. The van der Waals surface area contributed by atoms with E-state index in [2.05, 4.69) is 21.9 Å². The third-order valence-electron chi connectivity index (χ3n) is 5.05. The molecule has 0 fully saturated rings. The monoisotopic (exact) mass is 480 g/mol. The number of benzene rings is 1. The molecule has 3 N–H and O–H groups in total. The van der Waals surface area contributed by atoms with Crippen molar-refractivity contribution in [3.63, 3.8) is 0 Å². The summed E-state index contributed by atoms with van der Waals surface area (Å²) in [7, 11) is -3.26. The van der Waals surface area contributed by atoms with Crippen LogP contribution in [0, 0.1) is 12.3 Å². The molecule has 1 aromatic carbocycles. The first-order chi connectivity index (χ1) is 16.1. The van der Waals surface area contributed by atoms with Crippen LogP contribution in [0.2, 0.25) is 0 Å². The third kappa shape index (κ3) is 6.46. The minimum atomic E-state index is -3.26. The topological polar surface area (TPSA) is 126 Å². The van der Waals surface area contributed by atoms with E-state index in [4.69, 9.17) is 6.42 Å². The Balaban J connectivity index is 1.78. The fraction of sp³-hybridized carbons (Fsp3) is 0.208. The molecule has 0 unspecified atom stereocenters. The highest BCUT2D eigenvalue weighted by atomic mass is 32.2. The summed E-state index contributed by atoms with van der Waals surface area (Å²) in [5, 5.41) is 8.19. The lowest BCUT2D eigenvalue weighted by Gasteiger charge is -2.35. The van der Waals surface area contributed by atoms with Gasteiger partial charge in [0.05, 0.1) is 5.75 Å². The van der Waals surface area contributed by atoms with Crippen molar-refractivity contribution >= 4 is 27.5 Å². The molecule has 0 aliphatic heterocycles. The van der Waals surface area contributed by atoms with E-state index in [9.17, 15) is 22.8 Å². The second kappa shape index (κ2) is 10.2. The van der Waals surface area contributed by atoms with E-state index in [1.165, 1.54) is 10.6 Å². The zero-order chi connectivity index (χ0) is 24.8. The van der Waals surface area contributed by atoms with Crippen LogP contribution in [-0.2, 0) is 20.3 Å². The Labute approximate surface area is 197 Å². The van der Waals surface area contributed by atoms with Crippen LogP contribution in [0.3, 0.4) is 0 Å². The number of hydrogen-bond donors (Lipinski definition) is 3. The van der Waals surface area contributed by atoms with E-state index in [0.29, 0.717) is 16.9 Å². The van der Waals surface area contributed by atoms with Gasteiger partial charge in [0.1, 0.15) is 15.5 Å². The van der Waals surface area contributed by atoms with Gasteiger partial charge in [-0.1, -0.05) is 18.1 Å². The number of hydrogen-bond acceptors (Lipinski definition) is 5. The second-order valence-corrected chi connectivity index (χ2v) is 10.0. The average Bonchev–Trinajstić information content (AvgIpc) is 2.79. The van der Waals surface area contributed by atoms with Crippen LogP contribution < -0.4 is 21.5 Å². The third-order valence-corrected chi connectivity index (χ3v) is 5.99. The predicted octanol–water partition coefficient (Wildman–Crippen LogP) is 1.70. The first-order valence-corrected chi connectivity index (χ1v) is 12.4. The van der Waals surface area contributed by atoms with Gasteiger partial charge < -0.3 is 16.0 Å². The Morgan fingerprint density at radius 1 is 1.15 bits per heavy atom. The molecule has 0 saturated carbocycles. The molecule has 3 amide bonds. The minimum absolute atomic E-state index is 0.151. The summed E-state index contributed by atoms with van der Waals surface area (Å²) in [5.74, 6) is 1.79. The number of urea groups is 1. The van der Waals surface area contributed by atoms with Crippen LogP contribution in [0.4, 0.5) is 10.5 Å². The molecule has 0 spiro atoms. The molecule has 0 saturated heterocycles. The number of aromatic nitrogens is 1. The number of pyridine rings is 1. The van der Waals surface area contributed by atoms with Gasteiger partial charge in [-0.3, -0.25) is 14.2 Å². The fourth-order valence-electron chi connectivity index (χ4n) is 3.32. The van der Waals surface area contributed by atoms with Gasteiger partial charge in [-0.2, -0.15) is 0 Å². The molecule has 2 aromatic rings. The first-order valence-electron chi connectivity index (χ1n) is 10.3. The summed E-state index contributed by atoms with van der Waals surface area (Å²) in [4.78, 5) is 37.4. The molecule has 34 heavy (non-hydrogen) atoms. The summed E-state index contributed by atoms with van der Waals surface area (Å²) >= 11 is 0. The number of nitrogens with one attached hydrogen (secondary N) is 3. The van der Waals surface area contributed by atoms with E-state index in [-0.39, 0.29) is 24.2 Å². The smallest absolute Gasteiger partial charge is 0.321 e. The van der Waals surface area contributed by atoms with E-state index in [1.807, 2.05) is 0 Å². The van der Waals surface area contributed by atoms with Gasteiger partial charge in [-0.05, 0) is 42.5 Å². The Bertz CT molecular complexity index is 1350. The van der Waals surface area contributed by atoms with Crippen molar-refractivity contribution in [2.75, 3.05) is 17.3 Å². The molecule has 176 valence electrons. The highest BCUT2D eigenvalue weighted by Crippen LogP contribution is 2.25. The number of carbonyl (C=O) groups excluding carboxylic acids is 2. The van der Waals surface area contributed by atoms with E-state index in [1.54, 1.807) is 60.8 Å². The average molecular weight is 481 g/mol. The number of rotatable bonds is 7. The van der Waals surface area contributed by atoms with Gasteiger partial charge in [-0.15, -0.1) is 6.42 Å². The molecule has 1 atom stereocenters. The van der Waals surface area contributed by atoms with E-state index < -0.39 is 27.4 Å². The van der Waals surface area contributed by atoms with Crippen molar-refractivity contribution in [1.82, 2.24) is 15.2 Å². The highest BCUT2D eigenvalue weighted by Gasteiger charge is 2.33. The van der Waals surface area contributed by atoms with Gasteiger partial charge in [0.25, 0.3) is 5.56 Å². The Morgan fingerprint density at radius 2 is 1.88 bits per heavy atom. The molecular weight excluding hydrogens is 456 g/mol. The quantitative estimate of drug-likeness (QED) is 0.520. The molecule has 1 heterocycles. The Kier molecular flexibility index (Phi) is 7.38. The lowest BCUT2D eigenvalue weighted by Crippen LogP contribution is -2.54. The molecule has 0 radical (unpaired) electrons. The second-order valence-electron chi connectivity index (χ2n) is 7.76. The zero-order valence-electron chi connectivity index (χ0n) is 18.4. The molecule has 0 bridgehead atoms. The Morgan fingerprint density at radius 3 is 2.47 bits per heavy atom. The zero-order valence-corrected chi connectivity index (χ0v) is 19.3. The summed E-state index contributed by atoms with van der Waals surface area (Å²) in [6.45, 7) is 0. The minimum Gasteiger partial charge on any atom is -0.326 e. The maximum Gasteiger partial charge on any atom is 0.321 e. The maximum atomic E-state index is 12.8. The van der Waals surface area contributed by atoms with Crippen LogP contribution in [0.15, 0.2) is 77.4 Å². The van der Waals surface area contributed by atoms with Crippen LogP contribution >= 0.6 is 0 Å². The number of carbonyl (C=O) groups is 2. The number of allylic oxidation sites excluding steroid dienone is 1. The number of nitrogens with zero attached hydrogens (tertiary/aromatic N) is 1. The first kappa shape index (κ1) is 24.5. The number of amides is 3. The molecule has 9 nitrogen and oxygen atoms in total. The molecule has 1 aliphatic carbocycles. The molecule has 3 rings (SSSR count). The Hall–Kier alpha value is -4.10. The van der Waals surface area contributed by atoms with Gasteiger partial charge >= 0.3 is 6.03 Å². The van der Waals surface area contributed by atoms with Crippen LogP contribution in [0.5, 0.6) is 0 Å². The van der Waals surface area contributed by atoms with Crippen molar-refractivity contribution in [2.24, 2.45) is 0 Å². The van der Waals surface area contributed by atoms with Crippen molar-refractivity contribution in [3.05, 3.63) is 88.5 Å². The summed E-state index contributed by atoms with van der Waals surface area (Å²) in [6.07, 6.45) is 12.8. The fourth-order valence-corrected chi connectivity index (χ4v) is 3.88. The summed E-state index contributed by atoms with van der Waals surface area (Å²) in [5.41, 5.74) is 0.0540. The van der Waals surface area contributed by atoms with Gasteiger partial charge in [0.2, 0.25) is 5.91 Å². The van der Waals surface area contributed by atoms with Gasteiger partial charge in [-0.25, -0.2) is 13.2 Å². The van der Waals surface area contributed by atoms with E-state index >= 15 is 0 Å². The number of terminal acetylenes is 1. The predicted molar refractivity (Wildman–Crippen MR) is 130 cm³/mol. The van der Waals surface area contributed by atoms with Crippen molar-refractivity contribution in [3.8, 4) is 12.3 Å². The lowest BCUT2D eigenvalue weighted by atomic mass is 9.98. The summed E-state index contributed by atoms with van der Waals surface area (Å²) in [6, 6.07) is 10.8. The van der Waals surface area contributed by atoms with Crippen LogP contribution in [-0.4, -0.2) is 36.9 Å². The lowest BCUT2D eigenvalue weighted by molar-refractivity contribution is -0.119. The van der Waals surface area contributed by atoms with Gasteiger partial charge in [0.15, 0.2) is 0 Å². The van der Waals surface area contributed by atoms with Crippen molar-refractivity contribution in [2.45, 2.75) is 18.5 Å². The molecular formula is C24H24N4O5S. The largest absolute Gasteiger partial charge is 0.326 e. The number of anilines is 1. The highest BCUT2D eigenvalue weighted by molar-refractivity contribution is 7.90. The van der Waals surface area contributed by atoms with Crippen LogP contribution in [0.25, 0.3) is 0 Å². The normalized spacial score (nSPS) is 17.2. The van der Waals surface area contributed by atoms with E-state index in [0.717, 1.165) is 6.26 Å². The van der Waals surface area contributed by atoms with Crippen LogP contribution in [0.1, 0.15) is 18.4 Å². The standard InChI is InChI=1S/C24H24N4O5S/c1-3-18-7-9-19(10-8-18)26-23(31)27-24(28-16-5-4-6-22(28)30)14-11-20(12-15-24)25-21(29)13-17-34(2,32)33/h1,4-12,14,16H,13,15,17H2,2H3,(H,25,29)(H2,26,27,31)/t24-/m1/s1.